The predicted octanol–water partition coefficient (Wildman–Crippen LogP) is 2.73. The van der Waals surface area contributed by atoms with Crippen LogP contribution >= 0.6 is 0 Å². The van der Waals surface area contributed by atoms with Crippen LogP contribution in [0.2, 0.25) is 0 Å². The number of carbonyl (C=O) groups excluding carboxylic acids is 1. The van der Waals surface area contributed by atoms with Gasteiger partial charge in [-0.15, -0.1) is 0 Å². The fraction of sp³-hybridized carbons (Fsp3) is 0.333. The highest BCUT2D eigenvalue weighted by atomic mass is 16.5. The molecule has 0 saturated carbocycles. The van der Waals surface area contributed by atoms with Crippen LogP contribution in [0.25, 0.3) is 0 Å². The second kappa shape index (κ2) is 6.28. The molecule has 0 aliphatic carbocycles. The van der Waals surface area contributed by atoms with Crippen molar-refractivity contribution >= 4 is 5.97 Å². The van der Waals surface area contributed by atoms with Gasteiger partial charge in [0.25, 0.3) is 0 Å². The number of ether oxygens (including phenoxy) is 1. The molecule has 0 radical (unpaired) electrons. The number of carbonyl (C=O) groups is 1. The molecule has 0 spiro atoms. The highest BCUT2D eigenvalue weighted by Gasteiger charge is 2.21. The lowest BCUT2D eigenvalue weighted by Crippen LogP contribution is -2.31. The molecule has 3 rings (SSSR count). The lowest BCUT2D eigenvalue weighted by molar-refractivity contribution is 0.0593. The van der Waals surface area contributed by atoms with Crippen LogP contribution in [-0.4, -0.2) is 29.5 Å². The molecule has 2 aromatic rings. The Morgan fingerprint density at radius 2 is 2.09 bits per heavy atom. The van der Waals surface area contributed by atoms with Gasteiger partial charge in [-0.1, -0.05) is 30.3 Å². The minimum absolute atomic E-state index is 0.363. The Bertz CT molecular complexity index is 683. The van der Waals surface area contributed by atoms with Crippen LogP contribution in [0.1, 0.15) is 32.9 Å². The van der Waals surface area contributed by atoms with Crippen molar-refractivity contribution in [3.8, 4) is 0 Å². The molecule has 1 aliphatic heterocycles. The summed E-state index contributed by atoms with van der Waals surface area (Å²) < 4.78 is 4.77. The number of nitrogens with zero attached hydrogens (tertiary/aromatic N) is 2. The van der Waals surface area contributed by atoms with Crippen molar-refractivity contribution in [2.24, 2.45) is 0 Å². The van der Waals surface area contributed by atoms with Gasteiger partial charge >= 0.3 is 5.97 Å². The van der Waals surface area contributed by atoms with E-state index in [1.165, 1.54) is 18.2 Å². The third kappa shape index (κ3) is 3.02. The third-order valence-electron chi connectivity index (χ3n) is 4.12. The van der Waals surface area contributed by atoms with Gasteiger partial charge in [-0.25, -0.2) is 9.78 Å². The molecule has 0 saturated heterocycles. The Hall–Kier alpha value is -2.20. The normalized spacial score (nSPS) is 14.5. The number of methoxy groups -OCH3 is 1. The summed E-state index contributed by atoms with van der Waals surface area (Å²) in [5, 5.41) is 0. The molecule has 4 heteroatoms. The van der Waals surface area contributed by atoms with Gasteiger partial charge < -0.3 is 4.74 Å². The first-order valence-electron chi connectivity index (χ1n) is 7.51. The number of aryl methyl sites for hydroxylation is 1. The van der Waals surface area contributed by atoms with Crippen molar-refractivity contribution in [3.05, 3.63) is 64.5 Å². The Labute approximate surface area is 130 Å². The molecule has 1 aromatic carbocycles. The largest absolute Gasteiger partial charge is 0.464 e. The predicted molar refractivity (Wildman–Crippen MR) is 84.6 cm³/mol. The SMILES string of the molecule is COC(=O)c1cc(C)c2c(n1)CCN(Cc1ccccc1)C2. The molecule has 1 aromatic heterocycles. The molecule has 2 heterocycles. The summed E-state index contributed by atoms with van der Waals surface area (Å²) in [5.74, 6) is -0.363. The zero-order chi connectivity index (χ0) is 15.5. The number of esters is 1. The van der Waals surface area contributed by atoms with E-state index in [0.717, 1.165) is 37.3 Å². The molecule has 114 valence electrons. The Kier molecular flexibility index (Phi) is 4.20. The van der Waals surface area contributed by atoms with Gasteiger partial charge in [-0.2, -0.15) is 0 Å². The number of pyridine rings is 1. The molecule has 0 bridgehead atoms. The summed E-state index contributed by atoms with van der Waals surface area (Å²) in [6, 6.07) is 12.3. The Balaban J connectivity index is 1.80. The smallest absolute Gasteiger partial charge is 0.356 e. The quantitative estimate of drug-likeness (QED) is 0.817. The van der Waals surface area contributed by atoms with Crippen LogP contribution in [0.5, 0.6) is 0 Å². The summed E-state index contributed by atoms with van der Waals surface area (Å²) in [5.41, 5.74) is 5.13. The Morgan fingerprint density at radius 1 is 1.32 bits per heavy atom. The van der Waals surface area contributed by atoms with E-state index >= 15 is 0 Å². The summed E-state index contributed by atoms with van der Waals surface area (Å²) in [6.07, 6.45) is 0.869. The number of rotatable bonds is 3. The van der Waals surface area contributed by atoms with Crippen LogP contribution in [0.4, 0.5) is 0 Å². The van der Waals surface area contributed by atoms with Crippen LogP contribution < -0.4 is 0 Å². The zero-order valence-electron chi connectivity index (χ0n) is 13.0. The van der Waals surface area contributed by atoms with Crippen molar-refractivity contribution in [2.45, 2.75) is 26.4 Å². The molecule has 1 aliphatic rings. The van der Waals surface area contributed by atoms with Crippen molar-refractivity contribution in [1.82, 2.24) is 9.88 Å². The van der Waals surface area contributed by atoms with Gasteiger partial charge in [-0.3, -0.25) is 4.90 Å². The zero-order valence-corrected chi connectivity index (χ0v) is 13.0. The monoisotopic (exact) mass is 296 g/mol. The average Bonchev–Trinajstić information content (AvgIpc) is 2.55. The van der Waals surface area contributed by atoms with Crippen molar-refractivity contribution in [2.75, 3.05) is 13.7 Å². The number of aromatic nitrogens is 1. The lowest BCUT2D eigenvalue weighted by Gasteiger charge is -2.29. The van der Waals surface area contributed by atoms with E-state index in [1.54, 1.807) is 0 Å². The second-order valence-electron chi connectivity index (χ2n) is 5.69. The maximum absolute atomic E-state index is 11.7. The maximum Gasteiger partial charge on any atom is 0.356 e. The summed E-state index contributed by atoms with van der Waals surface area (Å²) in [7, 11) is 1.39. The molecule has 4 nitrogen and oxygen atoms in total. The minimum atomic E-state index is -0.363. The van der Waals surface area contributed by atoms with Gasteiger partial charge in [0.1, 0.15) is 5.69 Å². The summed E-state index contributed by atoms with van der Waals surface area (Å²) in [4.78, 5) is 18.6. The maximum atomic E-state index is 11.7. The number of hydrogen-bond donors (Lipinski definition) is 0. The summed E-state index contributed by atoms with van der Waals surface area (Å²) >= 11 is 0. The van der Waals surface area contributed by atoms with Crippen LogP contribution in [0.15, 0.2) is 36.4 Å². The van der Waals surface area contributed by atoms with E-state index in [-0.39, 0.29) is 5.97 Å². The molecule has 22 heavy (non-hydrogen) atoms. The van der Waals surface area contributed by atoms with Crippen molar-refractivity contribution < 1.29 is 9.53 Å². The van der Waals surface area contributed by atoms with E-state index in [4.69, 9.17) is 4.74 Å². The average molecular weight is 296 g/mol. The van der Waals surface area contributed by atoms with Crippen LogP contribution in [-0.2, 0) is 24.2 Å². The first-order valence-corrected chi connectivity index (χ1v) is 7.51. The molecule has 0 atom stereocenters. The third-order valence-corrected chi connectivity index (χ3v) is 4.12. The van der Waals surface area contributed by atoms with Gasteiger partial charge in [-0.05, 0) is 29.7 Å². The highest BCUT2D eigenvalue weighted by Crippen LogP contribution is 2.23. The topological polar surface area (TPSA) is 42.4 Å². The lowest BCUT2D eigenvalue weighted by atomic mass is 9.99. The first-order chi connectivity index (χ1) is 10.7. The first kappa shape index (κ1) is 14.7. The molecule has 0 unspecified atom stereocenters. The summed E-state index contributed by atoms with van der Waals surface area (Å²) in [6.45, 7) is 4.82. The van der Waals surface area contributed by atoms with Crippen molar-refractivity contribution in [3.63, 3.8) is 0 Å². The fourth-order valence-electron chi connectivity index (χ4n) is 2.94. The standard InChI is InChI=1S/C18H20N2O2/c1-13-10-17(18(21)22-2)19-16-8-9-20(12-15(13)16)11-14-6-4-3-5-7-14/h3-7,10H,8-9,11-12H2,1-2H3. The Morgan fingerprint density at radius 3 is 2.82 bits per heavy atom. The van der Waals surface area contributed by atoms with E-state index < -0.39 is 0 Å². The fourth-order valence-corrected chi connectivity index (χ4v) is 2.94. The van der Waals surface area contributed by atoms with Crippen molar-refractivity contribution in [1.29, 1.82) is 0 Å². The minimum Gasteiger partial charge on any atom is -0.464 e. The van der Waals surface area contributed by atoms with E-state index in [1.807, 2.05) is 19.1 Å². The van der Waals surface area contributed by atoms with E-state index in [2.05, 4.69) is 34.1 Å². The van der Waals surface area contributed by atoms with Gasteiger partial charge in [0, 0.05) is 31.7 Å². The van der Waals surface area contributed by atoms with E-state index in [0.29, 0.717) is 5.69 Å². The molecule has 0 fully saturated rings. The number of benzene rings is 1. The highest BCUT2D eigenvalue weighted by molar-refractivity contribution is 5.87. The molecule has 0 N–H and O–H groups in total. The molecular weight excluding hydrogens is 276 g/mol. The number of hydrogen-bond acceptors (Lipinski definition) is 4. The van der Waals surface area contributed by atoms with Gasteiger partial charge in [0.2, 0.25) is 0 Å². The van der Waals surface area contributed by atoms with Gasteiger partial charge in [0.05, 0.1) is 7.11 Å². The molecular formula is C18H20N2O2. The van der Waals surface area contributed by atoms with Gasteiger partial charge in [0.15, 0.2) is 0 Å². The second-order valence-corrected chi connectivity index (χ2v) is 5.69. The molecule has 0 amide bonds. The van der Waals surface area contributed by atoms with Crippen LogP contribution in [0, 0.1) is 6.92 Å². The van der Waals surface area contributed by atoms with E-state index in [9.17, 15) is 4.79 Å². The number of fused-ring (bicyclic) bond motifs is 1. The van der Waals surface area contributed by atoms with Crippen LogP contribution in [0.3, 0.4) is 0 Å².